The average molecular weight is 468 g/mol. The Labute approximate surface area is 192 Å². The maximum Gasteiger partial charge on any atom is 0.332 e. The van der Waals surface area contributed by atoms with Crippen molar-refractivity contribution in [2.24, 2.45) is 0 Å². The minimum Gasteiger partial charge on any atom is -0.496 e. The number of hydrogen-bond acceptors (Lipinski definition) is 4. The number of halogens is 2. The molecule has 0 saturated carbocycles. The average Bonchev–Trinajstić information content (AvgIpc) is 2.71. The molecule has 0 fully saturated rings. The van der Waals surface area contributed by atoms with Crippen molar-refractivity contribution < 1.29 is 24.2 Å². The van der Waals surface area contributed by atoms with E-state index < -0.39 is 12.1 Å². The summed E-state index contributed by atoms with van der Waals surface area (Å²) >= 11 is 12.0. The summed E-state index contributed by atoms with van der Waals surface area (Å²) in [4.78, 5) is 23.8. The minimum atomic E-state index is -0.951. The number of benzene rings is 2. The molecule has 2 aromatic carbocycles. The molecule has 0 radical (unpaired) electrons. The number of ether oxygens (including phenoxy) is 2. The van der Waals surface area contributed by atoms with Crippen molar-refractivity contribution in [3.05, 3.63) is 63.1 Å². The lowest BCUT2D eigenvalue weighted by Crippen LogP contribution is -2.27. The maximum absolute atomic E-state index is 12.5. The minimum absolute atomic E-state index is 0.147. The van der Waals surface area contributed by atoms with Crippen molar-refractivity contribution in [2.75, 3.05) is 7.11 Å². The fraction of sp³-hybridized carbons (Fsp3) is 0.391. The number of carboxylic acids is 1. The third-order valence-electron chi connectivity index (χ3n) is 4.60. The highest BCUT2D eigenvalue weighted by molar-refractivity contribution is 6.36. The van der Waals surface area contributed by atoms with E-state index in [0.29, 0.717) is 35.6 Å². The summed E-state index contributed by atoms with van der Waals surface area (Å²) in [6.07, 6.45) is 0.787. The number of nitrogens with one attached hydrogen (secondary N) is 1. The molecule has 0 aromatic heterocycles. The Morgan fingerprint density at radius 2 is 1.87 bits per heavy atom. The third kappa shape index (κ3) is 7.73. The molecule has 1 amide bonds. The van der Waals surface area contributed by atoms with E-state index in [1.807, 2.05) is 32.0 Å². The van der Waals surface area contributed by atoms with Crippen LogP contribution in [0.1, 0.15) is 48.2 Å². The van der Waals surface area contributed by atoms with Crippen LogP contribution >= 0.6 is 23.2 Å². The Hall–Kier alpha value is -2.28. The molecule has 31 heavy (non-hydrogen) atoms. The van der Waals surface area contributed by atoms with Gasteiger partial charge in [0, 0.05) is 17.1 Å². The lowest BCUT2D eigenvalue weighted by molar-refractivity contribution is -0.153. The van der Waals surface area contributed by atoms with Crippen LogP contribution < -0.4 is 10.1 Å². The normalized spacial score (nSPS) is 11.9. The summed E-state index contributed by atoms with van der Waals surface area (Å²) in [7, 11) is 1.57. The van der Waals surface area contributed by atoms with E-state index in [0.717, 1.165) is 11.1 Å². The van der Waals surface area contributed by atoms with E-state index in [1.54, 1.807) is 19.2 Å². The first-order valence-corrected chi connectivity index (χ1v) is 10.7. The van der Waals surface area contributed by atoms with Crippen LogP contribution in [0.15, 0.2) is 36.4 Å². The molecule has 0 aliphatic carbocycles. The third-order valence-corrected chi connectivity index (χ3v) is 5.15. The number of carbonyl (C=O) groups is 2. The van der Waals surface area contributed by atoms with Crippen LogP contribution in [0.25, 0.3) is 0 Å². The highest BCUT2D eigenvalue weighted by Gasteiger charge is 2.19. The quantitative estimate of drug-likeness (QED) is 0.478. The van der Waals surface area contributed by atoms with Gasteiger partial charge in [-0.25, -0.2) is 4.79 Å². The molecule has 6 nitrogen and oxygen atoms in total. The van der Waals surface area contributed by atoms with E-state index >= 15 is 0 Å². The zero-order chi connectivity index (χ0) is 23.0. The summed E-state index contributed by atoms with van der Waals surface area (Å²) < 4.78 is 10.9. The van der Waals surface area contributed by atoms with E-state index in [1.165, 1.54) is 6.07 Å². The van der Waals surface area contributed by atoms with Crippen molar-refractivity contribution in [1.29, 1.82) is 0 Å². The number of hydrogen-bond donors (Lipinski definition) is 2. The summed E-state index contributed by atoms with van der Waals surface area (Å²) in [5.41, 5.74) is 2.17. The van der Waals surface area contributed by atoms with Crippen molar-refractivity contribution in [3.8, 4) is 5.75 Å². The topological polar surface area (TPSA) is 84.9 Å². The molecule has 0 bridgehead atoms. The summed E-state index contributed by atoms with van der Waals surface area (Å²) in [6, 6.07) is 10.4. The summed E-state index contributed by atoms with van der Waals surface area (Å²) in [6.45, 7) is 3.89. The van der Waals surface area contributed by atoms with Crippen molar-refractivity contribution in [1.82, 2.24) is 5.32 Å². The van der Waals surface area contributed by atoms with Crippen LogP contribution in [0.4, 0.5) is 0 Å². The highest BCUT2D eigenvalue weighted by Crippen LogP contribution is 2.23. The molecule has 2 rings (SSSR count). The van der Waals surface area contributed by atoms with Crippen LogP contribution in [0.2, 0.25) is 10.0 Å². The van der Waals surface area contributed by atoms with Gasteiger partial charge in [0.25, 0.3) is 5.91 Å². The predicted molar refractivity (Wildman–Crippen MR) is 121 cm³/mol. The largest absolute Gasteiger partial charge is 0.496 e. The molecule has 0 saturated heterocycles. The van der Waals surface area contributed by atoms with Gasteiger partial charge < -0.3 is 19.9 Å². The van der Waals surface area contributed by atoms with Crippen molar-refractivity contribution in [2.45, 2.75) is 51.9 Å². The monoisotopic (exact) mass is 467 g/mol. The summed E-state index contributed by atoms with van der Waals surface area (Å²) in [5, 5.41) is 12.9. The molecule has 0 spiro atoms. The number of carbonyl (C=O) groups excluding carboxylic acids is 1. The molecule has 1 atom stereocenters. The van der Waals surface area contributed by atoms with Gasteiger partial charge in [0.1, 0.15) is 5.75 Å². The molecule has 0 aliphatic heterocycles. The van der Waals surface area contributed by atoms with E-state index in [4.69, 9.17) is 32.7 Å². The molecular formula is C23H27Cl2NO5. The lowest BCUT2D eigenvalue weighted by Gasteiger charge is -2.16. The number of carboxylic acid groups (broad SMARTS) is 1. The van der Waals surface area contributed by atoms with Gasteiger partial charge in [0.15, 0.2) is 6.10 Å². The second-order valence-corrected chi connectivity index (χ2v) is 8.20. The first kappa shape index (κ1) is 25.0. The lowest BCUT2D eigenvalue weighted by atomic mass is 10.0. The smallest absolute Gasteiger partial charge is 0.332 e. The van der Waals surface area contributed by atoms with Gasteiger partial charge in [0.2, 0.25) is 0 Å². The number of amides is 1. The van der Waals surface area contributed by atoms with Crippen LogP contribution in [0.5, 0.6) is 5.75 Å². The number of methoxy groups -OCH3 is 1. The highest BCUT2D eigenvalue weighted by atomic mass is 35.5. The molecule has 0 aliphatic rings. The van der Waals surface area contributed by atoms with Gasteiger partial charge in [-0.1, -0.05) is 35.3 Å². The zero-order valence-corrected chi connectivity index (χ0v) is 19.3. The number of aryl methyl sites for hydroxylation is 1. The fourth-order valence-electron chi connectivity index (χ4n) is 3.14. The number of aliphatic carboxylic acids is 1. The molecule has 168 valence electrons. The van der Waals surface area contributed by atoms with Gasteiger partial charge in [-0.3, -0.25) is 4.79 Å². The Bertz CT molecular complexity index is 917. The fourth-order valence-corrected chi connectivity index (χ4v) is 3.63. The van der Waals surface area contributed by atoms with Gasteiger partial charge in [-0.05, 0) is 62.9 Å². The molecule has 8 heteroatoms. The molecule has 2 aromatic rings. The second kappa shape index (κ2) is 11.9. The van der Waals surface area contributed by atoms with E-state index in [2.05, 4.69) is 5.32 Å². The second-order valence-electron chi connectivity index (χ2n) is 7.36. The Morgan fingerprint density at radius 1 is 1.13 bits per heavy atom. The van der Waals surface area contributed by atoms with Gasteiger partial charge in [-0.2, -0.15) is 0 Å². The van der Waals surface area contributed by atoms with Crippen LogP contribution in [-0.4, -0.2) is 36.3 Å². The Morgan fingerprint density at radius 3 is 2.48 bits per heavy atom. The van der Waals surface area contributed by atoms with Crippen molar-refractivity contribution >= 4 is 35.1 Å². The predicted octanol–water partition coefficient (Wildman–Crippen LogP) is 5.13. The Kier molecular flexibility index (Phi) is 9.62. The maximum atomic E-state index is 12.5. The van der Waals surface area contributed by atoms with Crippen molar-refractivity contribution in [3.63, 3.8) is 0 Å². The Balaban J connectivity index is 2.01. The molecule has 1 unspecified atom stereocenters. The van der Waals surface area contributed by atoms with Crippen LogP contribution in [0, 0.1) is 0 Å². The van der Waals surface area contributed by atoms with Gasteiger partial charge in [-0.15, -0.1) is 0 Å². The van der Waals surface area contributed by atoms with E-state index in [9.17, 15) is 14.7 Å². The van der Waals surface area contributed by atoms with E-state index in [-0.39, 0.29) is 23.6 Å². The number of rotatable bonds is 11. The van der Waals surface area contributed by atoms with Gasteiger partial charge in [0.05, 0.1) is 23.8 Å². The first-order valence-electron chi connectivity index (χ1n) is 9.98. The van der Waals surface area contributed by atoms with Crippen LogP contribution in [-0.2, 0) is 22.5 Å². The standard InChI is InChI=1S/C23H27Cl2NO5/c1-14(2)31-21(23(28)29)6-4-5-15-7-10-20(30-3)16(11-15)13-26-22(27)18-9-8-17(24)12-19(18)25/h7-12,14,21H,4-6,13H2,1-3H3,(H,26,27)(H,28,29). The van der Waals surface area contributed by atoms with Crippen LogP contribution in [0.3, 0.4) is 0 Å². The zero-order valence-electron chi connectivity index (χ0n) is 17.8. The SMILES string of the molecule is COc1ccc(CCCC(OC(C)C)C(=O)O)cc1CNC(=O)c1ccc(Cl)cc1Cl. The molecular weight excluding hydrogens is 441 g/mol. The molecule has 2 N–H and O–H groups in total. The summed E-state index contributed by atoms with van der Waals surface area (Å²) in [5.74, 6) is -0.616. The molecule has 0 heterocycles. The first-order chi connectivity index (χ1) is 14.7. The van der Waals surface area contributed by atoms with Gasteiger partial charge >= 0.3 is 5.97 Å².